The Morgan fingerprint density at radius 3 is 3.13 bits per heavy atom. The quantitative estimate of drug-likeness (QED) is 0.795. The Hall–Kier alpha value is -2.20. The van der Waals surface area contributed by atoms with Crippen LogP contribution < -0.4 is 0 Å². The van der Waals surface area contributed by atoms with Crippen LogP contribution in [0.2, 0.25) is 0 Å². The van der Waals surface area contributed by atoms with Crippen molar-refractivity contribution in [1.82, 2.24) is 14.9 Å². The SMILES string of the molecule is Fc1ccc2[nH]c3c(c2c1)CN(CCCc1cccnc1)CC3.[H+]. The molecule has 0 saturated carbocycles. The number of nitrogens with zero attached hydrogens (tertiary/aromatic N) is 2. The van der Waals surface area contributed by atoms with Crippen molar-refractivity contribution in [3.8, 4) is 0 Å². The second-order valence-electron chi connectivity index (χ2n) is 6.26. The highest BCUT2D eigenvalue weighted by Crippen LogP contribution is 2.28. The molecule has 0 atom stereocenters. The first kappa shape index (κ1) is 14.4. The van der Waals surface area contributed by atoms with E-state index in [1.54, 1.807) is 6.07 Å². The van der Waals surface area contributed by atoms with Crippen LogP contribution in [0.1, 0.15) is 24.7 Å². The van der Waals surface area contributed by atoms with Gasteiger partial charge in [0.25, 0.3) is 0 Å². The Labute approximate surface area is 136 Å². The summed E-state index contributed by atoms with van der Waals surface area (Å²) < 4.78 is 13.5. The summed E-state index contributed by atoms with van der Waals surface area (Å²) in [6.45, 7) is 3.04. The van der Waals surface area contributed by atoms with Crippen molar-refractivity contribution in [2.45, 2.75) is 25.8 Å². The maximum absolute atomic E-state index is 13.5. The molecule has 3 aromatic rings. The van der Waals surface area contributed by atoms with E-state index >= 15 is 0 Å². The molecular formula is C19H21FN3+. The van der Waals surface area contributed by atoms with E-state index in [9.17, 15) is 4.39 Å². The molecule has 1 aliphatic heterocycles. The first-order valence-corrected chi connectivity index (χ1v) is 8.20. The highest BCUT2D eigenvalue weighted by Gasteiger charge is 2.20. The Bertz CT molecular complexity index is 816. The van der Waals surface area contributed by atoms with Crippen LogP contribution in [0.3, 0.4) is 0 Å². The van der Waals surface area contributed by atoms with E-state index < -0.39 is 0 Å². The Morgan fingerprint density at radius 1 is 1.30 bits per heavy atom. The molecule has 1 aromatic carbocycles. The number of aromatic nitrogens is 2. The number of aromatic amines is 1. The molecule has 3 heterocycles. The van der Waals surface area contributed by atoms with Gasteiger partial charge in [0.05, 0.1) is 0 Å². The fourth-order valence-corrected chi connectivity index (χ4v) is 3.49. The summed E-state index contributed by atoms with van der Waals surface area (Å²) in [6, 6.07) is 9.14. The highest BCUT2D eigenvalue weighted by atomic mass is 19.1. The number of aryl methyl sites for hydroxylation is 1. The van der Waals surface area contributed by atoms with Crippen LogP contribution in [0.25, 0.3) is 10.9 Å². The molecule has 23 heavy (non-hydrogen) atoms. The zero-order valence-electron chi connectivity index (χ0n) is 14.1. The third-order valence-corrected chi connectivity index (χ3v) is 4.68. The molecule has 1 N–H and O–H groups in total. The van der Waals surface area contributed by atoms with Crippen LogP contribution in [-0.4, -0.2) is 28.0 Å². The molecule has 4 heteroatoms. The van der Waals surface area contributed by atoms with Gasteiger partial charge in [-0.05, 0) is 54.8 Å². The van der Waals surface area contributed by atoms with Crippen LogP contribution in [0.15, 0.2) is 42.7 Å². The molecule has 1 aliphatic rings. The lowest BCUT2D eigenvalue weighted by atomic mass is 10.0. The van der Waals surface area contributed by atoms with Crippen LogP contribution in [-0.2, 0) is 19.4 Å². The Balaban J connectivity index is 0.00000169. The molecule has 0 bridgehead atoms. The van der Waals surface area contributed by atoms with Crippen molar-refractivity contribution < 1.29 is 5.82 Å². The molecule has 0 fully saturated rings. The molecule has 0 spiro atoms. The van der Waals surface area contributed by atoms with Crippen LogP contribution >= 0.6 is 0 Å². The lowest BCUT2D eigenvalue weighted by Gasteiger charge is -2.27. The standard InChI is InChI=1S/C19H20FN3/c20-15-5-6-18-16(11-15)17-13-23(10-7-19(17)22-18)9-2-4-14-3-1-8-21-12-14/h1,3,5-6,8,11-12,22H,2,4,7,9-10,13H2/p+1. The minimum Gasteiger partial charge on any atom is -0.358 e. The summed E-state index contributed by atoms with van der Waals surface area (Å²) in [5.41, 5.74) is 4.88. The summed E-state index contributed by atoms with van der Waals surface area (Å²) in [5, 5.41) is 1.04. The van der Waals surface area contributed by atoms with Gasteiger partial charge in [-0.25, -0.2) is 4.39 Å². The number of benzene rings is 1. The average Bonchev–Trinajstić information content (AvgIpc) is 2.93. The summed E-state index contributed by atoms with van der Waals surface area (Å²) in [5.74, 6) is -0.159. The molecule has 2 aromatic heterocycles. The molecule has 4 rings (SSSR count). The predicted molar refractivity (Wildman–Crippen MR) is 90.9 cm³/mol. The van der Waals surface area contributed by atoms with Gasteiger partial charge in [-0.1, -0.05) is 6.07 Å². The predicted octanol–water partition coefficient (Wildman–Crippen LogP) is 3.81. The van der Waals surface area contributed by atoms with E-state index in [2.05, 4.69) is 20.9 Å². The maximum Gasteiger partial charge on any atom is 1.00 e. The zero-order valence-corrected chi connectivity index (χ0v) is 13.1. The van der Waals surface area contributed by atoms with Crippen molar-refractivity contribution in [3.05, 3.63) is 65.4 Å². The number of halogens is 1. The number of rotatable bonds is 4. The van der Waals surface area contributed by atoms with E-state index in [4.69, 9.17) is 0 Å². The van der Waals surface area contributed by atoms with Gasteiger partial charge in [0, 0.05) is 48.5 Å². The minimum absolute atomic E-state index is 0. The van der Waals surface area contributed by atoms with Gasteiger partial charge in [0.1, 0.15) is 5.82 Å². The summed E-state index contributed by atoms with van der Waals surface area (Å²) >= 11 is 0. The average molecular weight is 310 g/mol. The third kappa shape index (κ3) is 2.99. The van der Waals surface area contributed by atoms with Gasteiger partial charge in [-0.15, -0.1) is 0 Å². The summed E-state index contributed by atoms with van der Waals surface area (Å²) in [6.07, 6.45) is 6.94. The number of pyridine rings is 1. The van der Waals surface area contributed by atoms with E-state index in [0.29, 0.717) is 0 Å². The van der Waals surface area contributed by atoms with Crippen molar-refractivity contribution in [3.63, 3.8) is 0 Å². The van der Waals surface area contributed by atoms with Crippen LogP contribution in [0, 0.1) is 5.82 Å². The largest absolute Gasteiger partial charge is 1.00 e. The second-order valence-corrected chi connectivity index (χ2v) is 6.26. The molecule has 0 radical (unpaired) electrons. The van der Waals surface area contributed by atoms with Gasteiger partial charge < -0.3 is 4.98 Å². The Morgan fingerprint density at radius 2 is 2.26 bits per heavy atom. The fourth-order valence-electron chi connectivity index (χ4n) is 3.49. The number of H-pyrrole nitrogens is 1. The normalized spacial score (nSPS) is 15.0. The van der Waals surface area contributed by atoms with E-state index in [0.717, 1.165) is 49.8 Å². The number of hydrogen-bond acceptors (Lipinski definition) is 2. The van der Waals surface area contributed by atoms with Crippen LogP contribution in [0.4, 0.5) is 4.39 Å². The number of hydrogen-bond donors (Lipinski definition) is 1. The van der Waals surface area contributed by atoms with Crippen molar-refractivity contribution in [1.29, 1.82) is 0 Å². The second kappa shape index (κ2) is 6.13. The van der Waals surface area contributed by atoms with Gasteiger partial charge in [0.2, 0.25) is 0 Å². The van der Waals surface area contributed by atoms with Crippen molar-refractivity contribution >= 4 is 10.9 Å². The van der Waals surface area contributed by atoms with E-state index in [-0.39, 0.29) is 7.24 Å². The van der Waals surface area contributed by atoms with Crippen LogP contribution in [0.5, 0.6) is 0 Å². The first-order chi connectivity index (χ1) is 11.3. The van der Waals surface area contributed by atoms with Crippen molar-refractivity contribution in [2.75, 3.05) is 13.1 Å². The number of fused-ring (bicyclic) bond motifs is 3. The van der Waals surface area contributed by atoms with Gasteiger partial charge in [-0.2, -0.15) is 0 Å². The lowest BCUT2D eigenvalue weighted by molar-refractivity contribution is 0.251. The molecule has 3 nitrogen and oxygen atoms in total. The molecule has 0 unspecified atom stereocenters. The van der Waals surface area contributed by atoms with E-state index in [1.165, 1.54) is 22.9 Å². The summed E-state index contributed by atoms with van der Waals surface area (Å²) in [7, 11) is 0. The third-order valence-electron chi connectivity index (χ3n) is 4.68. The van der Waals surface area contributed by atoms with E-state index in [1.807, 2.05) is 24.5 Å². The van der Waals surface area contributed by atoms with Crippen molar-refractivity contribution in [2.24, 2.45) is 0 Å². The lowest BCUT2D eigenvalue weighted by Crippen LogP contribution is -2.31. The first-order valence-electron chi connectivity index (χ1n) is 8.20. The highest BCUT2D eigenvalue weighted by molar-refractivity contribution is 5.84. The smallest absolute Gasteiger partial charge is 0.358 e. The van der Waals surface area contributed by atoms with Gasteiger partial charge in [0.15, 0.2) is 0 Å². The fraction of sp³-hybridized carbons (Fsp3) is 0.316. The number of nitrogens with one attached hydrogen (secondary N) is 1. The Kier molecular flexibility index (Phi) is 3.83. The monoisotopic (exact) mass is 310 g/mol. The van der Waals surface area contributed by atoms with Gasteiger partial charge >= 0.3 is 1.43 Å². The minimum atomic E-state index is -0.159. The molecule has 118 valence electrons. The molecule has 0 amide bonds. The topological polar surface area (TPSA) is 31.9 Å². The zero-order chi connectivity index (χ0) is 15.6. The molecular weight excluding hydrogens is 289 g/mol. The molecule has 0 saturated heterocycles. The summed E-state index contributed by atoms with van der Waals surface area (Å²) in [4.78, 5) is 10.1. The maximum atomic E-state index is 13.5. The van der Waals surface area contributed by atoms with Gasteiger partial charge in [-0.3, -0.25) is 9.88 Å². The molecule has 0 aliphatic carbocycles.